The van der Waals surface area contributed by atoms with Crippen molar-refractivity contribution in [2.75, 3.05) is 18.5 Å². The number of aliphatic hydroxyl groups excluding tert-OH is 3. The molecule has 1 aliphatic heterocycles. The van der Waals surface area contributed by atoms with Gasteiger partial charge in [-0.05, 0) is 13.0 Å². The highest BCUT2D eigenvalue weighted by Gasteiger charge is 2.43. The van der Waals surface area contributed by atoms with E-state index in [0.29, 0.717) is 0 Å². The molecule has 10 nitrogen and oxygen atoms in total. The molecule has 1 amide bonds. The molecule has 22 heavy (non-hydrogen) atoms. The second-order valence-electron chi connectivity index (χ2n) is 4.58. The summed E-state index contributed by atoms with van der Waals surface area (Å²) in [5.74, 6) is -0.0218. The molecule has 1 aliphatic rings. The number of carbonyl (C=O) groups is 1. The van der Waals surface area contributed by atoms with Crippen LogP contribution < -0.4 is 11.0 Å². The number of aromatic nitrogens is 2. The van der Waals surface area contributed by atoms with E-state index in [0.717, 1.165) is 4.57 Å². The Balaban J connectivity index is 2.17. The number of hydrogen-bond donors (Lipinski definition) is 4. The number of anilines is 1. The lowest BCUT2D eigenvalue weighted by atomic mass is 10.1. The van der Waals surface area contributed by atoms with Crippen LogP contribution in [0.2, 0.25) is 0 Å². The molecule has 2 rings (SSSR count). The van der Waals surface area contributed by atoms with E-state index in [1.807, 2.05) is 0 Å². The Labute approximate surface area is 124 Å². The number of nitrogens with one attached hydrogen (secondary N) is 1. The summed E-state index contributed by atoms with van der Waals surface area (Å²) in [5.41, 5.74) is -0.802. The molecular weight excluding hydrogens is 298 g/mol. The molecule has 0 saturated carbocycles. The molecule has 4 atom stereocenters. The molecule has 0 radical (unpaired) electrons. The van der Waals surface area contributed by atoms with Gasteiger partial charge in [0.05, 0.1) is 13.2 Å². The van der Waals surface area contributed by atoms with Crippen LogP contribution in [0.25, 0.3) is 0 Å². The Morgan fingerprint density at radius 2 is 2.23 bits per heavy atom. The molecule has 0 bridgehead atoms. The standard InChI is InChI=1S/C12H17N3O7/c1-2-21-12(20)14-7-3-4-15(11(19)13-7)10-9(18)8(17)6(5-16)22-10/h3-4,6,8-10,16-18H,2,5H2,1H3,(H,13,14,19,20)/t6-,8-,9+,10-/m1/s1. The highest BCUT2D eigenvalue weighted by atomic mass is 16.6. The number of carbonyl (C=O) groups excluding carboxylic acids is 1. The average Bonchev–Trinajstić information content (AvgIpc) is 2.75. The predicted molar refractivity (Wildman–Crippen MR) is 72.2 cm³/mol. The highest BCUT2D eigenvalue weighted by molar-refractivity contribution is 5.83. The molecular formula is C12H17N3O7. The van der Waals surface area contributed by atoms with Gasteiger partial charge < -0.3 is 24.8 Å². The summed E-state index contributed by atoms with van der Waals surface area (Å²) in [6.45, 7) is 1.30. The summed E-state index contributed by atoms with van der Waals surface area (Å²) < 4.78 is 10.8. The number of hydrogen-bond acceptors (Lipinski definition) is 8. The SMILES string of the molecule is CCOC(=O)Nc1ccn([C@@H]2O[C@H](CO)[C@@H](O)[C@@H]2O)c(=O)n1. The Morgan fingerprint density at radius 1 is 1.50 bits per heavy atom. The van der Waals surface area contributed by atoms with Gasteiger partial charge in [0, 0.05) is 6.20 Å². The second-order valence-corrected chi connectivity index (χ2v) is 4.58. The Morgan fingerprint density at radius 3 is 2.77 bits per heavy atom. The van der Waals surface area contributed by atoms with Crippen molar-refractivity contribution in [1.82, 2.24) is 9.55 Å². The molecule has 2 heterocycles. The van der Waals surface area contributed by atoms with Crippen molar-refractivity contribution in [3.05, 3.63) is 22.7 Å². The fourth-order valence-electron chi connectivity index (χ4n) is 2.06. The lowest BCUT2D eigenvalue weighted by Gasteiger charge is -2.17. The van der Waals surface area contributed by atoms with E-state index in [2.05, 4.69) is 15.0 Å². The maximum absolute atomic E-state index is 11.9. The van der Waals surface area contributed by atoms with Gasteiger partial charge in [-0.2, -0.15) is 4.98 Å². The normalized spacial score (nSPS) is 27.6. The Hall–Kier alpha value is -2.01. The minimum atomic E-state index is -1.39. The molecule has 10 heteroatoms. The first kappa shape index (κ1) is 16.4. The summed E-state index contributed by atoms with van der Waals surface area (Å²) in [6.07, 6.45) is -4.38. The fraction of sp³-hybridized carbons (Fsp3) is 0.583. The van der Waals surface area contributed by atoms with Gasteiger partial charge in [-0.15, -0.1) is 0 Å². The quantitative estimate of drug-likeness (QED) is 0.521. The molecule has 122 valence electrons. The number of rotatable bonds is 4. The van der Waals surface area contributed by atoms with Gasteiger partial charge in [0.1, 0.15) is 24.1 Å². The van der Waals surface area contributed by atoms with Gasteiger partial charge in [-0.25, -0.2) is 9.59 Å². The van der Waals surface area contributed by atoms with Crippen molar-refractivity contribution < 1.29 is 29.6 Å². The van der Waals surface area contributed by atoms with Crippen LogP contribution in [0, 0.1) is 0 Å². The van der Waals surface area contributed by atoms with Crippen LogP contribution in [0.1, 0.15) is 13.2 Å². The van der Waals surface area contributed by atoms with Gasteiger partial charge in [0.2, 0.25) is 0 Å². The summed E-state index contributed by atoms with van der Waals surface area (Å²) >= 11 is 0. The van der Waals surface area contributed by atoms with Gasteiger partial charge in [-0.3, -0.25) is 9.88 Å². The topological polar surface area (TPSA) is 143 Å². The zero-order valence-corrected chi connectivity index (χ0v) is 11.7. The number of nitrogens with zero attached hydrogens (tertiary/aromatic N) is 2. The third-order valence-electron chi connectivity index (χ3n) is 3.13. The third kappa shape index (κ3) is 3.25. The third-order valence-corrected chi connectivity index (χ3v) is 3.13. The van der Waals surface area contributed by atoms with Crippen molar-refractivity contribution in [3.8, 4) is 0 Å². The summed E-state index contributed by atoms with van der Waals surface area (Å²) in [4.78, 5) is 26.8. The summed E-state index contributed by atoms with van der Waals surface area (Å²) in [7, 11) is 0. The fourth-order valence-corrected chi connectivity index (χ4v) is 2.06. The Bertz CT molecular complexity index is 590. The first-order valence-corrected chi connectivity index (χ1v) is 6.63. The predicted octanol–water partition coefficient (Wildman–Crippen LogP) is -1.58. The van der Waals surface area contributed by atoms with Crippen LogP contribution in [0.3, 0.4) is 0 Å². The van der Waals surface area contributed by atoms with Crippen molar-refractivity contribution in [2.45, 2.75) is 31.5 Å². The van der Waals surface area contributed by atoms with Crippen LogP contribution >= 0.6 is 0 Å². The zero-order chi connectivity index (χ0) is 16.3. The molecule has 0 spiro atoms. The first-order valence-electron chi connectivity index (χ1n) is 6.63. The van der Waals surface area contributed by atoms with Crippen LogP contribution in [0.4, 0.5) is 10.6 Å². The summed E-state index contributed by atoms with van der Waals surface area (Å²) in [5, 5.41) is 30.8. The van der Waals surface area contributed by atoms with E-state index in [1.165, 1.54) is 12.3 Å². The number of ether oxygens (including phenoxy) is 2. The molecule has 4 N–H and O–H groups in total. The van der Waals surface area contributed by atoms with Crippen molar-refractivity contribution >= 4 is 11.9 Å². The molecule has 1 fully saturated rings. The zero-order valence-electron chi connectivity index (χ0n) is 11.7. The van der Waals surface area contributed by atoms with Crippen molar-refractivity contribution in [1.29, 1.82) is 0 Å². The monoisotopic (exact) mass is 315 g/mol. The van der Waals surface area contributed by atoms with Crippen LogP contribution in [-0.4, -0.2) is 62.5 Å². The average molecular weight is 315 g/mol. The molecule has 0 aromatic carbocycles. The lowest BCUT2D eigenvalue weighted by molar-refractivity contribution is -0.0549. The minimum Gasteiger partial charge on any atom is -0.450 e. The maximum atomic E-state index is 11.9. The largest absolute Gasteiger partial charge is 0.450 e. The lowest BCUT2D eigenvalue weighted by Crippen LogP contribution is -2.36. The van der Waals surface area contributed by atoms with Crippen LogP contribution in [-0.2, 0) is 9.47 Å². The van der Waals surface area contributed by atoms with E-state index in [1.54, 1.807) is 6.92 Å². The van der Waals surface area contributed by atoms with Crippen molar-refractivity contribution in [3.63, 3.8) is 0 Å². The van der Waals surface area contributed by atoms with Crippen molar-refractivity contribution in [2.24, 2.45) is 0 Å². The smallest absolute Gasteiger partial charge is 0.412 e. The van der Waals surface area contributed by atoms with Gasteiger partial charge in [0.15, 0.2) is 6.23 Å². The van der Waals surface area contributed by atoms with Gasteiger partial charge in [0.25, 0.3) is 0 Å². The van der Waals surface area contributed by atoms with E-state index >= 15 is 0 Å². The minimum absolute atomic E-state index is 0.0218. The van der Waals surface area contributed by atoms with E-state index < -0.39 is 42.9 Å². The van der Waals surface area contributed by atoms with E-state index in [-0.39, 0.29) is 12.4 Å². The molecule has 1 aromatic heterocycles. The molecule has 0 aliphatic carbocycles. The van der Waals surface area contributed by atoms with Gasteiger partial charge in [-0.1, -0.05) is 0 Å². The van der Waals surface area contributed by atoms with E-state index in [4.69, 9.17) is 9.84 Å². The highest BCUT2D eigenvalue weighted by Crippen LogP contribution is 2.28. The first-order chi connectivity index (χ1) is 10.5. The van der Waals surface area contributed by atoms with Crippen LogP contribution in [0.15, 0.2) is 17.1 Å². The number of aliphatic hydroxyl groups is 3. The van der Waals surface area contributed by atoms with Gasteiger partial charge >= 0.3 is 11.8 Å². The Kier molecular flexibility index (Phi) is 5.08. The summed E-state index contributed by atoms with van der Waals surface area (Å²) in [6, 6.07) is 1.31. The van der Waals surface area contributed by atoms with E-state index in [9.17, 15) is 19.8 Å². The maximum Gasteiger partial charge on any atom is 0.412 e. The number of amides is 1. The van der Waals surface area contributed by atoms with Crippen LogP contribution in [0.5, 0.6) is 0 Å². The molecule has 1 saturated heterocycles. The molecule has 1 aromatic rings. The molecule has 0 unspecified atom stereocenters. The second kappa shape index (κ2) is 6.83.